The summed E-state index contributed by atoms with van der Waals surface area (Å²) < 4.78 is 42.9. The number of piperidine rings is 1. The Morgan fingerprint density at radius 3 is 2.91 bits per heavy atom. The summed E-state index contributed by atoms with van der Waals surface area (Å²) in [6.07, 6.45) is -3.59. The van der Waals surface area contributed by atoms with Crippen LogP contribution in [0.4, 0.5) is 13.2 Å². The van der Waals surface area contributed by atoms with Gasteiger partial charge in [-0.05, 0) is 43.6 Å². The van der Waals surface area contributed by atoms with Crippen molar-refractivity contribution < 1.29 is 22.7 Å². The van der Waals surface area contributed by atoms with E-state index in [-0.39, 0.29) is 24.3 Å². The van der Waals surface area contributed by atoms with Gasteiger partial charge in [-0.3, -0.25) is 4.79 Å². The Kier molecular flexibility index (Phi) is 5.28. The maximum Gasteiger partial charge on any atom is 0.416 e. The third-order valence-electron chi connectivity index (χ3n) is 3.66. The van der Waals surface area contributed by atoms with E-state index in [9.17, 15) is 18.0 Å². The van der Waals surface area contributed by atoms with Gasteiger partial charge in [0.15, 0.2) is 6.61 Å². The van der Waals surface area contributed by atoms with Crippen LogP contribution in [0.1, 0.15) is 18.9 Å². The molecule has 2 N–H and O–H groups in total. The molecule has 7 heteroatoms. The molecule has 0 aliphatic carbocycles. The second-order valence-electron chi connectivity index (χ2n) is 5.46. The predicted octanol–water partition coefficient (Wildman–Crippen LogP) is 2.20. The van der Waals surface area contributed by atoms with Gasteiger partial charge in [-0.1, -0.05) is 13.0 Å². The number of alkyl halides is 3. The summed E-state index contributed by atoms with van der Waals surface area (Å²) in [7, 11) is 0. The number of carbonyl (C=O) groups is 1. The standard InChI is InChI=1S/C15H19F3N2O2/c1-10-8-19-6-5-13(10)20-14(21)9-22-12-4-2-3-11(7-12)15(16,17)18/h2-4,7,10,13,19H,5-6,8-9H2,1H3,(H,20,21). The van der Waals surface area contributed by atoms with E-state index in [0.29, 0.717) is 5.92 Å². The van der Waals surface area contributed by atoms with Crippen LogP contribution in [0.25, 0.3) is 0 Å². The molecule has 2 rings (SSSR count). The maximum absolute atomic E-state index is 12.6. The molecule has 1 amide bonds. The van der Waals surface area contributed by atoms with Crippen LogP contribution in [0.5, 0.6) is 5.75 Å². The molecule has 1 fully saturated rings. The molecule has 0 radical (unpaired) electrons. The van der Waals surface area contributed by atoms with Crippen LogP contribution in [0.2, 0.25) is 0 Å². The van der Waals surface area contributed by atoms with E-state index in [4.69, 9.17) is 4.74 Å². The molecule has 0 aromatic heterocycles. The van der Waals surface area contributed by atoms with Crippen LogP contribution in [0, 0.1) is 5.92 Å². The van der Waals surface area contributed by atoms with Crippen molar-refractivity contribution in [3.8, 4) is 5.75 Å². The molecule has 1 aliphatic heterocycles. The van der Waals surface area contributed by atoms with Crippen LogP contribution >= 0.6 is 0 Å². The summed E-state index contributed by atoms with van der Waals surface area (Å²) in [6.45, 7) is 3.41. The third-order valence-corrected chi connectivity index (χ3v) is 3.66. The first-order valence-electron chi connectivity index (χ1n) is 7.16. The van der Waals surface area contributed by atoms with E-state index in [1.165, 1.54) is 12.1 Å². The van der Waals surface area contributed by atoms with E-state index in [1.54, 1.807) is 0 Å². The van der Waals surface area contributed by atoms with Gasteiger partial charge in [0.1, 0.15) is 5.75 Å². The van der Waals surface area contributed by atoms with Gasteiger partial charge < -0.3 is 15.4 Å². The number of ether oxygens (including phenoxy) is 1. The second kappa shape index (κ2) is 7.00. The van der Waals surface area contributed by atoms with Crippen molar-refractivity contribution in [3.05, 3.63) is 29.8 Å². The number of hydrogen-bond donors (Lipinski definition) is 2. The van der Waals surface area contributed by atoms with Gasteiger partial charge in [0.25, 0.3) is 5.91 Å². The monoisotopic (exact) mass is 316 g/mol. The largest absolute Gasteiger partial charge is 0.484 e. The molecule has 0 saturated carbocycles. The minimum atomic E-state index is -4.42. The summed E-state index contributed by atoms with van der Waals surface area (Å²) in [5.74, 6) is 0.0192. The number of rotatable bonds is 4. The molecule has 1 aliphatic rings. The highest BCUT2D eigenvalue weighted by Crippen LogP contribution is 2.31. The summed E-state index contributed by atoms with van der Waals surface area (Å²) in [5.41, 5.74) is -0.794. The highest BCUT2D eigenvalue weighted by molar-refractivity contribution is 5.77. The molecular weight excluding hydrogens is 297 g/mol. The summed E-state index contributed by atoms with van der Waals surface area (Å²) in [4.78, 5) is 11.8. The topological polar surface area (TPSA) is 50.4 Å². The van der Waals surface area contributed by atoms with Crippen LogP contribution in [0.15, 0.2) is 24.3 Å². The zero-order valence-corrected chi connectivity index (χ0v) is 12.2. The van der Waals surface area contributed by atoms with Gasteiger partial charge in [0.05, 0.1) is 5.56 Å². The zero-order chi connectivity index (χ0) is 16.2. The SMILES string of the molecule is CC1CNCCC1NC(=O)COc1cccc(C(F)(F)F)c1. The van der Waals surface area contributed by atoms with Crippen molar-refractivity contribution in [3.63, 3.8) is 0 Å². The van der Waals surface area contributed by atoms with E-state index in [2.05, 4.69) is 10.6 Å². The van der Waals surface area contributed by atoms with Crippen molar-refractivity contribution in [2.24, 2.45) is 5.92 Å². The second-order valence-corrected chi connectivity index (χ2v) is 5.46. The fourth-order valence-corrected chi connectivity index (χ4v) is 2.39. The fraction of sp³-hybridized carbons (Fsp3) is 0.533. The van der Waals surface area contributed by atoms with Crippen molar-refractivity contribution in [2.75, 3.05) is 19.7 Å². The molecule has 2 unspecified atom stereocenters. The Balaban J connectivity index is 1.86. The van der Waals surface area contributed by atoms with Gasteiger partial charge in [-0.25, -0.2) is 0 Å². The summed E-state index contributed by atoms with van der Waals surface area (Å²) in [6, 6.07) is 4.57. The van der Waals surface area contributed by atoms with Crippen LogP contribution in [-0.4, -0.2) is 31.6 Å². The highest BCUT2D eigenvalue weighted by Gasteiger charge is 2.30. The average Bonchev–Trinajstić information content (AvgIpc) is 2.47. The molecule has 1 aromatic rings. The number of hydrogen-bond acceptors (Lipinski definition) is 3. The predicted molar refractivity (Wildman–Crippen MR) is 75.5 cm³/mol. The first kappa shape index (κ1) is 16.6. The Hall–Kier alpha value is -1.76. The van der Waals surface area contributed by atoms with E-state index < -0.39 is 11.7 Å². The van der Waals surface area contributed by atoms with Crippen LogP contribution < -0.4 is 15.4 Å². The molecule has 1 aromatic carbocycles. The Labute approximate surface area is 127 Å². The van der Waals surface area contributed by atoms with Crippen molar-refractivity contribution in [2.45, 2.75) is 25.6 Å². The Bertz CT molecular complexity index is 520. The average molecular weight is 316 g/mol. The molecule has 2 atom stereocenters. The van der Waals surface area contributed by atoms with Crippen molar-refractivity contribution >= 4 is 5.91 Å². The minimum Gasteiger partial charge on any atom is -0.484 e. The molecule has 1 heterocycles. The lowest BCUT2D eigenvalue weighted by molar-refractivity contribution is -0.137. The molecule has 22 heavy (non-hydrogen) atoms. The molecule has 1 saturated heterocycles. The van der Waals surface area contributed by atoms with Gasteiger partial charge in [-0.15, -0.1) is 0 Å². The minimum absolute atomic E-state index is 0.0309. The lowest BCUT2D eigenvalue weighted by Gasteiger charge is -2.30. The molecule has 122 valence electrons. The van der Waals surface area contributed by atoms with Gasteiger partial charge >= 0.3 is 6.18 Å². The molecule has 0 spiro atoms. The lowest BCUT2D eigenvalue weighted by atomic mass is 9.95. The van der Waals surface area contributed by atoms with Gasteiger partial charge in [0.2, 0.25) is 0 Å². The number of nitrogens with one attached hydrogen (secondary N) is 2. The Morgan fingerprint density at radius 1 is 1.45 bits per heavy atom. The smallest absolute Gasteiger partial charge is 0.416 e. The lowest BCUT2D eigenvalue weighted by Crippen LogP contribution is -2.49. The van der Waals surface area contributed by atoms with E-state index in [1.807, 2.05) is 6.92 Å². The molecular formula is C15H19F3N2O2. The maximum atomic E-state index is 12.6. The van der Waals surface area contributed by atoms with Crippen LogP contribution in [-0.2, 0) is 11.0 Å². The van der Waals surface area contributed by atoms with Gasteiger partial charge in [0, 0.05) is 6.04 Å². The fourth-order valence-electron chi connectivity index (χ4n) is 2.39. The molecule has 0 bridgehead atoms. The zero-order valence-electron chi connectivity index (χ0n) is 12.2. The number of benzene rings is 1. The summed E-state index contributed by atoms with van der Waals surface area (Å²) >= 11 is 0. The van der Waals surface area contributed by atoms with E-state index in [0.717, 1.165) is 31.6 Å². The molecule has 4 nitrogen and oxygen atoms in total. The van der Waals surface area contributed by atoms with Gasteiger partial charge in [-0.2, -0.15) is 13.2 Å². The number of amides is 1. The Morgan fingerprint density at radius 2 is 2.23 bits per heavy atom. The summed E-state index contributed by atoms with van der Waals surface area (Å²) in [5, 5.41) is 6.08. The number of halogens is 3. The van der Waals surface area contributed by atoms with Crippen molar-refractivity contribution in [1.29, 1.82) is 0 Å². The third kappa shape index (κ3) is 4.62. The van der Waals surface area contributed by atoms with Crippen LogP contribution in [0.3, 0.4) is 0 Å². The normalized spacial score (nSPS) is 22.2. The highest BCUT2D eigenvalue weighted by atomic mass is 19.4. The number of carbonyl (C=O) groups excluding carboxylic acids is 1. The first-order valence-corrected chi connectivity index (χ1v) is 7.16. The van der Waals surface area contributed by atoms with Crippen molar-refractivity contribution in [1.82, 2.24) is 10.6 Å². The quantitative estimate of drug-likeness (QED) is 0.895. The van der Waals surface area contributed by atoms with E-state index >= 15 is 0 Å². The first-order chi connectivity index (χ1) is 10.4.